The smallest absolute Gasteiger partial charge is 0.0998 e. The molecule has 1 N–H and O–H groups in total. The Morgan fingerprint density at radius 2 is 2.10 bits per heavy atom. The van der Waals surface area contributed by atoms with E-state index in [0.29, 0.717) is 11.6 Å². The second-order valence-electron chi connectivity index (χ2n) is 5.96. The Labute approximate surface area is 125 Å². The summed E-state index contributed by atoms with van der Waals surface area (Å²) in [7, 11) is 0. The molecule has 3 nitrogen and oxygen atoms in total. The fraction of sp³-hybridized carbons (Fsp3) is 0.389. The second-order valence-corrected chi connectivity index (χ2v) is 5.96. The molecule has 0 bridgehead atoms. The molecule has 3 heteroatoms. The van der Waals surface area contributed by atoms with Crippen molar-refractivity contribution < 1.29 is 5.11 Å². The molecule has 3 rings (SSSR count). The van der Waals surface area contributed by atoms with Gasteiger partial charge >= 0.3 is 0 Å². The van der Waals surface area contributed by atoms with Crippen LogP contribution in [0.4, 0.5) is 5.69 Å². The van der Waals surface area contributed by atoms with Gasteiger partial charge in [-0.2, -0.15) is 5.26 Å². The lowest BCUT2D eigenvalue weighted by Crippen LogP contribution is -2.40. The summed E-state index contributed by atoms with van der Waals surface area (Å²) in [6, 6.07) is 14.9. The molecule has 1 fully saturated rings. The van der Waals surface area contributed by atoms with Crippen molar-refractivity contribution >= 4 is 16.5 Å². The van der Waals surface area contributed by atoms with E-state index in [9.17, 15) is 10.4 Å². The Kier molecular flexibility index (Phi) is 3.57. The zero-order valence-corrected chi connectivity index (χ0v) is 12.5. The quantitative estimate of drug-likeness (QED) is 0.916. The van der Waals surface area contributed by atoms with Crippen molar-refractivity contribution in [3.63, 3.8) is 0 Å². The summed E-state index contributed by atoms with van der Waals surface area (Å²) in [6.45, 7) is 4.07. The summed E-state index contributed by atoms with van der Waals surface area (Å²) in [5, 5.41) is 21.3. The Balaban J connectivity index is 2.07. The van der Waals surface area contributed by atoms with E-state index in [4.69, 9.17) is 0 Å². The third-order valence-electron chi connectivity index (χ3n) is 4.55. The van der Waals surface area contributed by atoms with Crippen LogP contribution in [0.25, 0.3) is 10.8 Å². The first-order chi connectivity index (χ1) is 10.1. The molecule has 0 amide bonds. The molecule has 0 aromatic heterocycles. The largest absolute Gasteiger partial charge is 0.391 e. The van der Waals surface area contributed by atoms with Crippen LogP contribution in [0.15, 0.2) is 36.4 Å². The average Bonchev–Trinajstić information content (AvgIpc) is 2.88. The van der Waals surface area contributed by atoms with Crippen LogP contribution in [0.3, 0.4) is 0 Å². The Bertz CT molecular complexity index is 702. The van der Waals surface area contributed by atoms with Gasteiger partial charge in [-0.15, -0.1) is 0 Å². The molecule has 0 aliphatic carbocycles. The molecule has 2 aromatic rings. The maximum atomic E-state index is 10.0. The monoisotopic (exact) mass is 280 g/mol. The summed E-state index contributed by atoms with van der Waals surface area (Å²) < 4.78 is 0. The first-order valence-corrected chi connectivity index (χ1v) is 7.51. The van der Waals surface area contributed by atoms with Crippen molar-refractivity contribution in [2.24, 2.45) is 0 Å². The maximum absolute atomic E-state index is 10.0. The van der Waals surface area contributed by atoms with Gasteiger partial charge in [-0.05, 0) is 55.7 Å². The SMILES string of the molecule is C[C@H](O)[C@H]1CC[C@@H](C)N1c1ccc2c(C#N)cccc2c1. The number of rotatable bonds is 2. The number of benzene rings is 2. The molecule has 0 spiro atoms. The van der Waals surface area contributed by atoms with Gasteiger partial charge in [-0.3, -0.25) is 0 Å². The number of aliphatic hydroxyl groups is 1. The fourth-order valence-electron chi connectivity index (χ4n) is 3.47. The van der Waals surface area contributed by atoms with Gasteiger partial charge in [0.2, 0.25) is 0 Å². The first-order valence-electron chi connectivity index (χ1n) is 7.51. The first kappa shape index (κ1) is 13.9. The predicted octanol–water partition coefficient (Wildman–Crippen LogP) is 3.45. The standard InChI is InChI=1S/C18H20N2O/c1-12-6-9-18(13(2)21)20(12)16-7-8-17-14(10-16)4-3-5-15(17)11-19/h3-5,7-8,10,12-13,18,21H,6,9H2,1-2H3/t12-,13+,18-/m1/s1. The van der Waals surface area contributed by atoms with Crippen molar-refractivity contribution in [3.05, 3.63) is 42.0 Å². The van der Waals surface area contributed by atoms with E-state index < -0.39 is 0 Å². The lowest BCUT2D eigenvalue weighted by molar-refractivity contribution is 0.163. The van der Waals surface area contributed by atoms with Crippen molar-refractivity contribution in [1.82, 2.24) is 0 Å². The van der Waals surface area contributed by atoms with Crippen molar-refractivity contribution in [2.75, 3.05) is 4.90 Å². The number of anilines is 1. The molecular formula is C18H20N2O. The van der Waals surface area contributed by atoms with Gasteiger partial charge in [0.15, 0.2) is 0 Å². The maximum Gasteiger partial charge on any atom is 0.0998 e. The highest BCUT2D eigenvalue weighted by atomic mass is 16.3. The predicted molar refractivity (Wildman–Crippen MR) is 85.3 cm³/mol. The summed E-state index contributed by atoms with van der Waals surface area (Å²) >= 11 is 0. The van der Waals surface area contributed by atoms with E-state index >= 15 is 0 Å². The number of hydrogen-bond acceptors (Lipinski definition) is 3. The van der Waals surface area contributed by atoms with Gasteiger partial charge in [-0.1, -0.05) is 18.2 Å². The van der Waals surface area contributed by atoms with Crippen LogP contribution < -0.4 is 4.90 Å². The highest BCUT2D eigenvalue weighted by Gasteiger charge is 2.33. The highest BCUT2D eigenvalue weighted by Crippen LogP contribution is 2.34. The van der Waals surface area contributed by atoms with Crippen LogP contribution in [0.1, 0.15) is 32.3 Å². The molecule has 0 saturated carbocycles. The summed E-state index contributed by atoms with van der Waals surface area (Å²) in [5.41, 5.74) is 1.84. The molecule has 1 aliphatic heterocycles. The minimum absolute atomic E-state index is 0.177. The minimum Gasteiger partial charge on any atom is -0.391 e. The Morgan fingerprint density at radius 1 is 1.29 bits per heavy atom. The van der Waals surface area contributed by atoms with Crippen LogP contribution in [0.5, 0.6) is 0 Å². The van der Waals surface area contributed by atoms with Crippen molar-refractivity contribution in [3.8, 4) is 6.07 Å². The number of nitrogens with zero attached hydrogens (tertiary/aromatic N) is 2. The van der Waals surface area contributed by atoms with Gasteiger partial charge in [0.1, 0.15) is 0 Å². The number of nitriles is 1. The van der Waals surface area contributed by atoms with E-state index in [1.54, 1.807) is 0 Å². The lowest BCUT2D eigenvalue weighted by Gasteiger charge is -2.32. The van der Waals surface area contributed by atoms with E-state index in [1.807, 2.05) is 31.2 Å². The van der Waals surface area contributed by atoms with Gasteiger partial charge in [-0.25, -0.2) is 0 Å². The van der Waals surface area contributed by atoms with E-state index in [-0.39, 0.29) is 12.1 Å². The highest BCUT2D eigenvalue weighted by molar-refractivity contribution is 5.90. The zero-order chi connectivity index (χ0) is 15.0. The van der Waals surface area contributed by atoms with Crippen molar-refractivity contribution in [1.29, 1.82) is 5.26 Å². The minimum atomic E-state index is -0.337. The molecular weight excluding hydrogens is 260 g/mol. The van der Waals surface area contributed by atoms with Crippen LogP contribution in [0.2, 0.25) is 0 Å². The van der Waals surface area contributed by atoms with Crippen LogP contribution in [-0.4, -0.2) is 23.3 Å². The Hall–Kier alpha value is -2.05. The van der Waals surface area contributed by atoms with Gasteiger partial charge < -0.3 is 10.0 Å². The van der Waals surface area contributed by atoms with Gasteiger partial charge in [0.25, 0.3) is 0 Å². The van der Waals surface area contributed by atoms with E-state index in [0.717, 1.165) is 29.3 Å². The zero-order valence-electron chi connectivity index (χ0n) is 12.5. The molecule has 1 heterocycles. The number of hydrogen-bond donors (Lipinski definition) is 1. The molecule has 108 valence electrons. The fourth-order valence-corrected chi connectivity index (χ4v) is 3.47. The van der Waals surface area contributed by atoms with Gasteiger partial charge in [0.05, 0.1) is 23.8 Å². The topological polar surface area (TPSA) is 47.3 Å². The van der Waals surface area contributed by atoms with Crippen LogP contribution >= 0.6 is 0 Å². The summed E-state index contributed by atoms with van der Waals surface area (Å²) in [6.07, 6.45) is 1.79. The molecule has 0 unspecified atom stereocenters. The van der Waals surface area contributed by atoms with E-state index in [2.05, 4.69) is 30.0 Å². The normalized spacial score (nSPS) is 23.2. The lowest BCUT2D eigenvalue weighted by atomic mass is 10.0. The third kappa shape index (κ3) is 2.36. The Morgan fingerprint density at radius 3 is 2.81 bits per heavy atom. The van der Waals surface area contributed by atoms with E-state index in [1.165, 1.54) is 0 Å². The van der Waals surface area contributed by atoms with Crippen LogP contribution in [0, 0.1) is 11.3 Å². The number of fused-ring (bicyclic) bond motifs is 1. The second kappa shape index (κ2) is 5.38. The molecule has 0 radical (unpaired) electrons. The average molecular weight is 280 g/mol. The molecule has 2 aromatic carbocycles. The summed E-state index contributed by atoms with van der Waals surface area (Å²) in [4.78, 5) is 2.32. The molecule has 1 aliphatic rings. The molecule has 21 heavy (non-hydrogen) atoms. The molecule has 1 saturated heterocycles. The van der Waals surface area contributed by atoms with Gasteiger partial charge in [0, 0.05) is 11.7 Å². The summed E-state index contributed by atoms with van der Waals surface area (Å²) in [5.74, 6) is 0. The third-order valence-corrected chi connectivity index (χ3v) is 4.55. The van der Waals surface area contributed by atoms with Crippen LogP contribution in [-0.2, 0) is 0 Å². The number of aliphatic hydroxyl groups excluding tert-OH is 1. The molecule has 3 atom stereocenters. The van der Waals surface area contributed by atoms with Crippen molar-refractivity contribution in [2.45, 2.75) is 44.9 Å².